The molecule has 10 heavy (non-hydrogen) atoms. The van der Waals surface area contributed by atoms with E-state index in [9.17, 15) is 4.57 Å². The van der Waals surface area contributed by atoms with Gasteiger partial charge in [-0.25, -0.2) is 0 Å². The molecule has 0 aliphatic carbocycles. The van der Waals surface area contributed by atoms with Gasteiger partial charge in [0.05, 0.1) is 13.2 Å². The van der Waals surface area contributed by atoms with Gasteiger partial charge in [-0.3, -0.25) is 4.57 Å². The Morgan fingerprint density at radius 2 is 1.80 bits per heavy atom. The summed E-state index contributed by atoms with van der Waals surface area (Å²) in [6.45, 7) is 4.00. The first kappa shape index (κ1) is 9.82. The first-order chi connectivity index (χ1) is 4.68. The average Bonchev–Trinajstić information content (AvgIpc) is 1.89. The van der Waals surface area contributed by atoms with Crippen molar-refractivity contribution in [2.45, 2.75) is 13.8 Å². The molecule has 0 spiro atoms. The molecule has 0 amide bonds. The maximum absolute atomic E-state index is 11.1. The minimum atomic E-state index is -3.16. The Hall–Kier alpha value is -0.180. The summed E-state index contributed by atoms with van der Waals surface area (Å²) in [6.07, 6.45) is 0. The highest BCUT2D eigenvalue weighted by Crippen LogP contribution is 2.44. The quantitative estimate of drug-likeness (QED) is 0.499. The lowest BCUT2D eigenvalue weighted by Gasteiger charge is -2.10. The zero-order chi connectivity index (χ0) is 8.04. The van der Waals surface area contributed by atoms with Gasteiger partial charge in [-0.05, 0) is 13.8 Å². The Kier molecular flexibility index (Phi) is 4.52. The van der Waals surface area contributed by atoms with Crippen molar-refractivity contribution in [1.82, 2.24) is 0 Å². The summed E-state index contributed by atoms with van der Waals surface area (Å²) < 4.78 is 20.5. The van der Waals surface area contributed by atoms with Crippen LogP contribution in [-0.2, 0) is 13.6 Å². The van der Waals surface area contributed by atoms with Crippen molar-refractivity contribution in [1.29, 1.82) is 5.41 Å². The van der Waals surface area contributed by atoms with Crippen molar-refractivity contribution in [3.63, 3.8) is 0 Å². The van der Waals surface area contributed by atoms with E-state index in [1.165, 1.54) is 0 Å². The van der Waals surface area contributed by atoms with Gasteiger partial charge in [-0.2, -0.15) is 0 Å². The monoisotopic (exact) mass is 165 g/mol. The van der Waals surface area contributed by atoms with Crippen molar-refractivity contribution in [2.24, 2.45) is 0 Å². The molecular formula is C5H12NO3P. The van der Waals surface area contributed by atoms with Crippen LogP contribution in [0.4, 0.5) is 0 Å². The van der Waals surface area contributed by atoms with E-state index in [1.54, 1.807) is 13.8 Å². The standard InChI is InChI=1S/C5H12NO3P/c1-3-8-10(7,5-6)9-4-2/h5-6H,3-4H2,1-2H3. The van der Waals surface area contributed by atoms with Crippen LogP contribution in [0, 0.1) is 5.41 Å². The van der Waals surface area contributed by atoms with Crippen molar-refractivity contribution in [3.8, 4) is 0 Å². The van der Waals surface area contributed by atoms with Crippen LogP contribution in [0.2, 0.25) is 0 Å². The first-order valence-electron chi connectivity index (χ1n) is 3.09. The largest absolute Gasteiger partial charge is 0.371 e. The minimum absolute atomic E-state index is 0.298. The van der Waals surface area contributed by atoms with E-state index in [2.05, 4.69) is 0 Å². The topological polar surface area (TPSA) is 59.4 Å². The van der Waals surface area contributed by atoms with Crippen molar-refractivity contribution in [3.05, 3.63) is 0 Å². The summed E-state index contributed by atoms with van der Waals surface area (Å²) in [6, 6.07) is 0. The Labute approximate surface area is 60.6 Å². The Morgan fingerprint density at radius 3 is 2.00 bits per heavy atom. The van der Waals surface area contributed by atoms with Gasteiger partial charge in [0.2, 0.25) is 0 Å². The van der Waals surface area contributed by atoms with Crippen molar-refractivity contribution < 1.29 is 13.6 Å². The fourth-order valence-corrected chi connectivity index (χ4v) is 1.42. The number of rotatable bonds is 5. The Balaban J connectivity index is 3.95. The van der Waals surface area contributed by atoms with Gasteiger partial charge < -0.3 is 14.5 Å². The Bertz CT molecular complexity index is 138. The molecule has 0 aromatic carbocycles. The summed E-state index contributed by atoms with van der Waals surface area (Å²) in [5.74, 6) is 0.722. The average molecular weight is 165 g/mol. The van der Waals surface area contributed by atoms with Crippen LogP contribution in [0.25, 0.3) is 0 Å². The van der Waals surface area contributed by atoms with Gasteiger partial charge in [0.1, 0.15) is 5.96 Å². The van der Waals surface area contributed by atoms with Gasteiger partial charge in [-0.1, -0.05) is 0 Å². The molecule has 1 N–H and O–H groups in total. The third kappa shape index (κ3) is 3.11. The van der Waals surface area contributed by atoms with Crippen molar-refractivity contribution in [2.75, 3.05) is 13.2 Å². The molecule has 0 atom stereocenters. The highest BCUT2D eigenvalue weighted by atomic mass is 31.2. The molecule has 0 bridgehead atoms. The molecule has 0 aromatic rings. The number of nitrogens with one attached hydrogen (secondary N) is 1. The van der Waals surface area contributed by atoms with E-state index in [1.807, 2.05) is 0 Å². The molecule has 60 valence electrons. The lowest BCUT2D eigenvalue weighted by Crippen LogP contribution is -1.95. The van der Waals surface area contributed by atoms with E-state index in [0.717, 1.165) is 5.96 Å². The zero-order valence-electron chi connectivity index (χ0n) is 6.16. The van der Waals surface area contributed by atoms with E-state index < -0.39 is 7.60 Å². The molecule has 0 radical (unpaired) electrons. The fourth-order valence-electron chi connectivity index (χ4n) is 0.472. The molecule has 0 fully saturated rings. The van der Waals surface area contributed by atoms with Gasteiger partial charge in [0.15, 0.2) is 0 Å². The van der Waals surface area contributed by atoms with E-state index in [-0.39, 0.29) is 0 Å². The molecule has 0 unspecified atom stereocenters. The van der Waals surface area contributed by atoms with Gasteiger partial charge in [-0.15, -0.1) is 0 Å². The van der Waals surface area contributed by atoms with Crippen molar-refractivity contribution >= 4 is 13.6 Å². The third-order valence-corrected chi connectivity index (χ3v) is 2.33. The molecule has 0 heterocycles. The molecular weight excluding hydrogens is 153 g/mol. The summed E-state index contributed by atoms with van der Waals surface area (Å²) in [5.41, 5.74) is 0. The van der Waals surface area contributed by atoms with Crippen LogP contribution in [0.15, 0.2) is 0 Å². The highest BCUT2D eigenvalue weighted by molar-refractivity contribution is 7.69. The smallest absolute Gasteiger partial charge is 0.305 e. The molecule has 0 rings (SSSR count). The van der Waals surface area contributed by atoms with Gasteiger partial charge in [0.25, 0.3) is 0 Å². The van der Waals surface area contributed by atoms with Crippen LogP contribution >= 0.6 is 7.60 Å². The Morgan fingerprint density at radius 1 is 1.40 bits per heavy atom. The van der Waals surface area contributed by atoms with Crippen LogP contribution in [0.3, 0.4) is 0 Å². The number of hydrogen-bond acceptors (Lipinski definition) is 4. The zero-order valence-corrected chi connectivity index (χ0v) is 7.06. The molecule has 0 saturated heterocycles. The summed E-state index contributed by atoms with van der Waals surface area (Å²) in [4.78, 5) is 0. The maximum atomic E-state index is 11.1. The normalized spacial score (nSPS) is 11.4. The van der Waals surface area contributed by atoms with E-state index in [4.69, 9.17) is 14.5 Å². The first-order valence-corrected chi connectivity index (χ1v) is 4.70. The van der Waals surface area contributed by atoms with Gasteiger partial charge in [0, 0.05) is 0 Å². The molecule has 0 aliphatic rings. The second kappa shape index (κ2) is 4.61. The second-order valence-electron chi connectivity index (χ2n) is 1.50. The van der Waals surface area contributed by atoms with Crippen LogP contribution < -0.4 is 0 Å². The lowest BCUT2D eigenvalue weighted by atomic mass is 10.9. The highest BCUT2D eigenvalue weighted by Gasteiger charge is 2.18. The minimum Gasteiger partial charge on any atom is -0.305 e. The van der Waals surface area contributed by atoms with Gasteiger partial charge >= 0.3 is 7.60 Å². The van der Waals surface area contributed by atoms with E-state index in [0.29, 0.717) is 13.2 Å². The molecule has 0 aromatic heterocycles. The molecule has 0 saturated carbocycles. The molecule has 5 heteroatoms. The number of hydrogen-bond donors (Lipinski definition) is 1. The lowest BCUT2D eigenvalue weighted by molar-refractivity contribution is 0.233. The summed E-state index contributed by atoms with van der Waals surface area (Å²) in [7, 11) is -3.16. The third-order valence-electron chi connectivity index (χ3n) is 0.776. The predicted octanol–water partition coefficient (Wildman–Crippen LogP) is 1.86. The maximum Gasteiger partial charge on any atom is 0.371 e. The SMILES string of the molecule is CCOP(=O)(C=N)OCC. The van der Waals surface area contributed by atoms with Crippen LogP contribution in [0.1, 0.15) is 13.8 Å². The van der Waals surface area contributed by atoms with Crippen LogP contribution in [0.5, 0.6) is 0 Å². The summed E-state index contributed by atoms with van der Waals surface area (Å²) >= 11 is 0. The van der Waals surface area contributed by atoms with E-state index >= 15 is 0 Å². The molecule has 0 aliphatic heterocycles. The predicted molar refractivity (Wildman–Crippen MR) is 39.6 cm³/mol. The van der Waals surface area contributed by atoms with Crippen LogP contribution in [-0.4, -0.2) is 19.2 Å². The summed E-state index contributed by atoms with van der Waals surface area (Å²) in [5, 5.41) is 6.73. The second-order valence-corrected chi connectivity index (χ2v) is 3.36. The molecule has 4 nitrogen and oxygen atoms in total. The fraction of sp³-hybridized carbons (Fsp3) is 0.800.